The second-order valence-electron chi connectivity index (χ2n) is 6.91. The molecule has 0 spiro atoms. The molecule has 1 rings (SSSR count). The SMILES string of the molecule is COCC(CNCC1CCCN(C(=O)OC(C)(C)C)C1)OC. The lowest BCUT2D eigenvalue weighted by atomic mass is 9.98. The first-order valence-electron chi connectivity index (χ1n) is 8.06. The van der Waals surface area contributed by atoms with Gasteiger partial charge in [-0.25, -0.2) is 4.79 Å². The third-order valence-corrected chi connectivity index (χ3v) is 3.66. The summed E-state index contributed by atoms with van der Waals surface area (Å²) in [6, 6.07) is 0. The summed E-state index contributed by atoms with van der Waals surface area (Å²) in [5, 5.41) is 3.41. The molecule has 2 atom stereocenters. The normalized spacial score (nSPS) is 20.8. The van der Waals surface area contributed by atoms with E-state index < -0.39 is 5.60 Å². The van der Waals surface area contributed by atoms with Crippen molar-refractivity contribution < 1.29 is 19.0 Å². The van der Waals surface area contributed by atoms with Gasteiger partial charge in [0.1, 0.15) is 5.60 Å². The van der Waals surface area contributed by atoms with Gasteiger partial charge in [-0.1, -0.05) is 0 Å². The van der Waals surface area contributed by atoms with Gasteiger partial charge in [-0.15, -0.1) is 0 Å². The number of likely N-dealkylation sites (tertiary alicyclic amines) is 1. The van der Waals surface area contributed by atoms with Crippen molar-refractivity contribution in [3.8, 4) is 0 Å². The molecule has 6 nitrogen and oxygen atoms in total. The minimum Gasteiger partial charge on any atom is -0.444 e. The van der Waals surface area contributed by atoms with Crippen molar-refractivity contribution in [2.75, 3.05) is 47.0 Å². The molecule has 130 valence electrons. The zero-order valence-corrected chi connectivity index (χ0v) is 14.7. The summed E-state index contributed by atoms with van der Waals surface area (Å²) >= 11 is 0. The van der Waals surface area contributed by atoms with Crippen LogP contribution in [0.25, 0.3) is 0 Å². The molecule has 0 aromatic carbocycles. The lowest BCUT2D eigenvalue weighted by Gasteiger charge is -2.34. The predicted octanol–water partition coefficient (Wildman–Crippen LogP) is 1.88. The van der Waals surface area contributed by atoms with E-state index in [-0.39, 0.29) is 12.2 Å². The average Bonchev–Trinajstić information content (AvgIpc) is 2.45. The quantitative estimate of drug-likeness (QED) is 0.777. The molecule has 0 aromatic rings. The van der Waals surface area contributed by atoms with Crippen molar-refractivity contribution in [3.63, 3.8) is 0 Å². The number of carbonyl (C=O) groups excluding carboxylic acids is 1. The van der Waals surface area contributed by atoms with Crippen LogP contribution in [0.3, 0.4) is 0 Å². The summed E-state index contributed by atoms with van der Waals surface area (Å²) in [6.07, 6.45) is 2.02. The van der Waals surface area contributed by atoms with E-state index in [1.807, 2.05) is 25.7 Å². The van der Waals surface area contributed by atoms with E-state index in [0.29, 0.717) is 12.5 Å². The molecule has 6 heteroatoms. The Kier molecular flexibility index (Phi) is 8.14. The number of hydrogen-bond acceptors (Lipinski definition) is 5. The van der Waals surface area contributed by atoms with E-state index in [1.54, 1.807) is 14.2 Å². The first kappa shape index (κ1) is 19.2. The fourth-order valence-corrected chi connectivity index (χ4v) is 2.57. The molecule has 1 aliphatic rings. The van der Waals surface area contributed by atoms with E-state index in [1.165, 1.54) is 0 Å². The van der Waals surface area contributed by atoms with Crippen LogP contribution in [0, 0.1) is 5.92 Å². The Labute approximate surface area is 134 Å². The average molecular weight is 316 g/mol. The number of piperidine rings is 1. The Bertz CT molecular complexity index is 331. The number of ether oxygens (including phenoxy) is 3. The first-order chi connectivity index (χ1) is 10.4. The Morgan fingerprint density at radius 2 is 2.09 bits per heavy atom. The highest BCUT2D eigenvalue weighted by Crippen LogP contribution is 2.18. The van der Waals surface area contributed by atoms with Gasteiger partial charge in [0.15, 0.2) is 0 Å². The van der Waals surface area contributed by atoms with E-state index in [9.17, 15) is 4.79 Å². The molecule has 2 unspecified atom stereocenters. The van der Waals surface area contributed by atoms with Crippen LogP contribution in [0.5, 0.6) is 0 Å². The van der Waals surface area contributed by atoms with Gasteiger partial charge in [0.2, 0.25) is 0 Å². The molecule has 0 radical (unpaired) electrons. The standard InChI is InChI=1S/C16H32N2O4/c1-16(2,3)22-15(19)18-8-6-7-13(11-18)9-17-10-14(21-5)12-20-4/h13-14,17H,6-12H2,1-5H3. The summed E-state index contributed by atoms with van der Waals surface area (Å²) in [7, 11) is 3.36. The van der Waals surface area contributed by atoms with Crippen molar-refractivity contribution in [3.05, 3.63) is 0 Å². The maximum absolute atomic E-state index is 12.1. The second-order valence-corrected chi connectivity index (χ2v) is 6.91. The zero-order chi connectivity index (χ0) is 16.6. The summed E-state index contributed by atoms with van der Waals surface area (Å²) in [6.45, 7) is 9.45. The maximum atomic E-state index is 12.1. The van der Waals surface area contributed by atoms with E-state index in [4.69, 9.17) is 14.2 Å². The zero-order valence-electron chi connectivity index (χ0n) is 14.7. The van der Waals surface area contributed by atoms with Crippen LogP contribution in [0.1, 0.15) is 33.6 Å². The molecule has 0 bridgehead atoms. The molecule has 1 amide bonds. The van der Waals surface area contributed by atoms with Crippen molar-refractivity contribution in [1.29, 1.82) is 0 Å². The molecule has 1 aliphatic heterocycles. The third kappa shape index (κ3) is 7.42. The van der Waals surface area contributed by atoms with Crippen LogP contribution in [-0.2, 0) is 14.2 Å². The maximum Gasteiger partial charge on any atom is 0.410 e. The van der Waals surface area contributed by atoms with Gasteiger partial charge in [-0.2, -0.15) is 0 Å². The van der Waals surface area contributed by atoms with E-state index in [2.05, 4.69) is 5.32 Å². The van der Waals surface area contributed by atoms with E-state index >= 15 is 0 Å². The third-order valence-electron chi connectivity index (χ3n) is 3.66. The largest absolute Gasteiger partial charge is 0.444 e. The molecular weight excluding hydrogens is 284 g/mol. The van der Waals surface area contributed by atoms with Gasteiger partial charge >= 0.3 is 6.09 Å². The van der Waals surface area contributed by atoms with Gasteiger partial charge in [0.05, 0.1) is 12.7 Å². The van der Waals surface area contributed by atoms with Gasteiger partial charge < -0.3 is 24.4 Å². The Morgan fingerprint density at radius 3 is 2.68 bits per heavy atom. The number of methoxy groups -OCH3 is 2. The summed E-state index contributed by atoms with van der Waals surface area (Å²) in [4.78, 5) is 13.9. The molecule has 22 heavy (non-hydrogen) atoms. The highest BCUT2D eigenvalue weighted by molar-refractivity contribution is 5.68. The smallest absolute Gasteiger partial charge is 0.410 e. The van der Waals surface area contributed by atoms with Crippen molar-refractivity contribution in [1.82, 2.24) is 10.2 Å². The molecular formula is C16H32N2O4. The molecule has 1 N–H and O–H groups in total. The summed E-state index contributed by atoms with van der Waals surface area (Å²) in [5.41, 5.74) is -0.436. The molecule has 0 saturated carbocycles. The molecule has 0 aromatic heterocycles. The van der Waals surface area contributed by atoms with Crippen LogP contribution in [0.2, 0.25) is 0 Å². The van der Waals surface area contributed by atoms with E-state index in [0.717, 1.165) is 39.0 Å². The fourth-order valence-electron chi connectivity index (χ4n) is 2.57. The monoisotopic (exact) mass is 316 g/mol. The van der Waals surface area contributed by atoms with Crippen LogP contribution >= 0.6 is 0 Å². The minimum absolute atomic E-state index is 0.0653. The van der Waals surface area contributed by atoms with Crippen LogP contribution in [0.15, 0.2) is 0 Å². The van der Waals surface area contributed by atoms with Crippen molar-refractivity contribution in [2.45, 2.75) is 45.3 Å². The Balaban J connectivity index is 2.32. The highest BCUT2D eigenvalue weighted by Gasteiger charge is 2.27. The van der Waals surface area contributed by atoms with Gasteiger partial charge in [-0.05, 0) is 46.1 Å². The first-order valence-corrected chi connectivity index (χ1v) is 8.06. The van der Waals surface area contributed by atoms with Crippen LogP contribution in [-0.4, -0.2) is 69.7 Å². The topological polar surface area (TPSA) is 60.0 Å². The number of hydrogen-bond donors (Lipinski definition) is 1. The highest BCUT2D eigenvalue weighted by atomic mass is 16.6. The molecule has 1 saturated heterocycles. The van der Waals surface area contributed by atoms with Crippen molar-refractivity contribution >= 4 is 6.09 Å². The van der Waals surface area contributed by atoms with Crippen molar-refractivity contribution in [2.24, 2.45) is 5.92 Å². The fraction of sp³-hybridized carbons (Fsp3) is 0.938. The number of nitrogens with one attached hydrogen (secondary N) is 1. The number of nitrogens with zero attached hydrogens (tertiary/aromatic N) is 1. The predicted molar refractivity (Wildman–Crippen MR) is 86.1 cm³/mol. The van der Waals surface area contributed by atoms with Crippen LogP contribution in [0.4, 0.5) is 4.79 Å². The Hall–Kier alpha value is -0.850. The summed E-state index contributed by atoms with van der Waals surface area (Å²) in [5.74, 6) is 0.460. The van der Waals surface area contributed by atoms with Gasteiger partial charge in [-0.3, -0.25) is 0 Å². The minimum atomic E-state index is -0.436. The number of carbonyl (C=O) groups is 1. The second kappa shape index (κ2) is 9.33. The summed E-state index contributed by atoms with van der Waals surface area (Å²) < 4.78 is 15.9. The lowest BCUT2D eigenvalue weighted by Crippen LogP contribution is -2.45. The molecule has 1 heterocycles. The molecule has 0 aliphatic carbocycles. The van der Waals surface area contributed by atoms with Crippen LogP contribution < -0.4 is 5.32 Å². The Morgan fingerprint density at radius 1 is 1.36 bits per heavy atom. The molecule has 1 fully saturated rings. The van der Waals surface area contributed by atoms with Gasteiger partial charge in [0.25, 0.3) is 0 Å². The number of amides is 1. The van der Waals surface area contributed by atoms with Gasteiger partial charge in [0, 0.05) is 33.9 Å². The lowest BCUT2D eigenvalue weighted by molar-refractivity contribution is 0.0150. The number of rotatable bonds is 7.